The summed E-state index contributed by atoms with van der Waals surface area (Å²) in [6.07, 6.45) is 0. The summed E-state index contributed by atoms with van der Waals surface area (Å²) in [5.74, 6) is -1.07. The molecule has 0 bridgehead atoms. The maximum Gasteiger partial charge on any atom is 0.295 e. The molecule has 28 heavy (non-hydrogen) atoms. The Balaban J connectivity index is 2.15. The van der Waals surface area contributed by atoms with E-state index >= 15 is 0 Å². The van der Waals surface area contributed by atoms with Crippen LogP contribution >= 0.6 is 15.9 Å². The zero-order chi connectivity index (χ0) is 20.3. The standard InChI is InChI=1S/C21H20BrNO5/c1-27-11-10-23-18(13-6-8-15(22)9-7-13)17(20(25)21(23)26)19(24)14-4-3-5-16(12-14)28-2/h3-9,12,18,24H,10-11H2,1-2H3. The monoisotopic (exact) mass is 445 g/mol. The number of amides is 1. The molecule has 0 aliphatic carbocycles. The Kier molecular flexibility index (Phi) is 6.16. The number of halogens is 1. The van der Waals surface area contributed by atoms with Gasteiger partial charge in [0.1, 0.15) is 11.5 Å². The second-order valence-electron chi connectivity index (χ2n) is 6.27. The minimum Gasteiger partial charge on any atom is -0.507 e. The third kappa shape index (κ3) is 3.81. The third-order valence-electron chi connectivity index (χ3n) is 4.61. The van der Waals surface area contributed by atoms with E-state index in [0.29, 0.717) is 11.3 Å². The normalized spacial score (nSPS) is 18.5. The topological polar surface area (TPSA) is 76.1 Å². The fraction of sp³-hybridized carbons (Fsp3) is 0.238. The number of benzene rings is 2. The summed E-state index contributed by atoms with van der Waals surface area (Å²) in [6.45, 7) is 0.510. The third-order valence-corrected chi connectivity index (χ3v) is 5.13. The first kappa shape index (κ1) is 20.1. The van der Waals surface area contributed by atoms with Gasteiger partial charge in [-0.25, -0.2) is 0 Å². The molecule has 0 aromatic heterocycles. The Morgan fingerprint density at radius 1 is 1.14 bits per heavy atom. The lowest BCUT2D eigenvalue weighted by Gasteiger charge is -2.25. The zero-order valence-corrected chi connectivity index (χ0v) is 17.1. The molecule has 3 rings (SSSR count). The van der Waals surface area contributed by atoms with Crippen molar-refractivity contribution in [3.8, 4) is 5.75 Å². The van der Waals surface area contributed by atoms with Gasteiger partial charge in [0.05, 0.1) is 25.3 Å². The smallest absolute Gasteiger partial charge is 0.295 e. The number of aliphatic hydroxyl groups excluding tert-OH is 1. The molecular weight excluding hydrogens is 426 g/mol. The highest BCUT2D eigenvalue weighted by Gasteiger charge is 2.45. The van der Waals surface area contributed by atoms with Crippen LogP contribution < -0.4 is 4.74 Å². The maximum absolute atomic E-state index is 12.8. The largest absolute Gasteiger partial charge is 0.507 e. The van der Waals surface area contributed by atoms with E-state index in [1.165, 1.54) is 19.1 Å². The average molecular weight is 446 g/mol. The summed E-state index contributed by atoms with van der Waals surface area (Å²) in [7, 11) is 3.05. The van der Waals surface area contributed by atoms with Gasteiger partial charge >= 0.3 is 0 Å². The van der Waals surface area contributed by atoms with Crippen molar-refractivity contribution < 1.29 is 24.2 Å². The zero-order valence-electron chi connectivity index (χ0n) is 15.5. The Labute approximate surface area is 171 Å². The van der Waals surface area contributed by atoms with E-state index in [1.807, 2.05) is 24.3 Å². The summed E-state index contributed by atoms with van der Waals surface area (Å²) in [5, 5.41) is 10.9. The first-order valence-corrected chi connectivity index (χ1v) is 9.44. The molecule has 7 heteroatoms. The molecule has 0 saturated carbocycles. The van der Waals surface area contributed by atoms with Crippen molar-refractivity contribution in [2.75, 3.05) is 27.4 Å². The molecule has 2 aromatic carbocycles. The van der Waals surface area contributed by atoms with E-state index in [9.17, 15) is 14.7 Å². The second kappa shape index (κ2) is 8.58. The first-order valence-electron chi connectivity index (χ1n) is 8.65. The van der Waals surface area contributed by atoms with E-state index < -0.39 is 17.7 Å². The Hall–Kier alpha value is -2.64. The Morgan fingerprint density at radius 3 is 2.50 bits per heavy atom. The van der Waals surface area contributed by atoms with E-state index in [-0.39, 0.29) is 24.5 Å². The van der Waals surface area contributed by atoms with Crippen molar-refractivity contribution in [1.82, 2.24) is 4.90 Å². The molecule has 1 unspecified atom stereocenters. The number of hydrogen-bond acceptors (Lipinski definition) is 5. The van der Waals surface area contributed by atoms with E-state index in [2.05, 4.69) is 15.9 Å². The molecule has 146 valence electrons. The summed E-state index contributed by atoms with van der Waals surface area (Å²) >= 11 is 3.39. The molecule has 2 aromatic rings. The SMILES string of the molecule is COCCN1C(=O)C(=O)C(=C(O)c2cccc(OC)c2)C1c1ccc(Br)cc1. The number of ether oxygens (including phenoxy) is 2. The Morgan fingerprint density at radius 2 is 1.86 bits per heavy atom. The maximum atomic E-state index is 12.8. The van der Waals surface area contributed by atoms with Gasteiger partial charge in [0.25, 0.3) is 11.7 Å². The van der Waals surface area contributed by atoms with Gasteiger partial charge in [0.2, 0.25) is 0 Å². The number of carbonyl (C=O) groups is 2. The molecule has 0 spiro atoms. The highest BCUT2D eigenvalue weighted by atomic mass is 79.9. The van der Waals surface area contributed by atoms with Crippen LogP contribution in [0, 0.1) is 0 Å². The van der Waals surface area contributed by atoms with Gasteiger partial charge in [-0.1, -0.05) is 40.2 Å². The van der Waals surface area contributed by atoms with Gasteiger partial charge < -0.3 is 19.5 Å². The van der Waals surface area contributed by atoms with Crippen molar-refractivity contribution in [2.24, 2.45) is 0 Å². The minimum atomic E-state index is -0.718. The predicted molar refractivity (Wildman–Crippen MR) is 108 cm³/mol. The van der Waals surface area contributed by atoms with Gasteiger partial charge in [0, 0.05) is 23.7 Å². The van der Waals surface area contributed by atoms with Crippen molar-refractivity contribution in [1.29, 1.82) is 0 Å². The number of rotatable bonds is 6. The van der Waals surface area contributed by atoms with Crippen LogP contribution in [-0.2, 0) is 14.3 Å². The predicted octanol–water partition coefficient (Wildman–Crippen LogP) is 3.53. The number of Topliss-reactive ketones (excluding diaryl/α,β-unsaturated/α-hetero) is 1. The molecule has 6 nitrogen and oxygen atoms in total. The fourth-order valence-corrected chi connectivity index (χ4v) is 3.48. The molecule has 1 atom stereocenters. The lowest BCUT2D eigenvalue weighted by molar-refractivity contribution is -0.140. The van der Waals surface area contributed by atoms with Gasteiger partial charge in [0.15, 0.2) is 0 Å². The van der Waals surface area contributed by atoms with Crippen molar-refractivity contribution >= 4 is 33.4 Å². The number of aliphatic hydroxyl groups is 1. The lowest BCUT2D eigenvalue weighted by Crippen LogP contribution is -2.32. The van der Waals surface area contributed by atoms with Crippen LogP contribution in [0.4, 0.5) is 0 Å². The van der Waals surface area contributed by atoms with Crippen molar-refractivity contribution in [2.45, 2.75) is 6.04 Å². The highest BCUT2D eigenvalue weighted by molar-refractivity contribution is 9.10. The second-order valence-corrected chi connectivity index (χ2v) is 7.18. The van der Waals surface area contributed by atoms with E-state index in [4.69, 9.17) is 9.47 Å². The van der Waals surface area contributed by atoms with Gasteiger partial charge in [-0.3, -0.25) is 9.59 Å². The summed E-state index contributed by atoms with van der Waals surface area (Å²) in [5.41, 5.74) is 1.19. The molecule has 1 fully saturated rings. The van der Waals surface area contributed by atoms with Crippen LogP contribution in [0.1, 0.15) is 17.2 Å². The molecule has 1 N–H and O–H groups in total. The van der Waals surface area contributed by atoms with Crippen molar-refractivity contribution in [3.05, 3.63) is 69.7 Å². The number of ketones is 1. The molecule has 0 radical (unpaired) electrons. The quantitative estimate of drug-likeness (QED) is 0.418. The van der Waals surface area contributed by atoms with Gasteiger partial charge in [-0.05, 0) is 29.8 Å². The number of hydrogen-bond donors (Lipinski definition) is 1. The molecule has 1 saturated heterocycles. The average Bonchev–Trinajstić information content (AvgIpc) is 2.97. The molecule has 1 heterocycles. The van der Waals surface area contributed by atoms with Crippen LogP contribution in [0.3, 0.4) is 0 Å². The van der Waals surface area contributed by atoms with Crippen LogP contribution in [0.5, 0.6) is 5.75 Å². The number of nitrogens with zero attached hydrogens (tertiary/aromatic N) is 1. The molecular formula is C21H20BrNO5. The number of carbonyl (C=O) groups excluding carboxylic acids is 2. The summed E-state index contributed by atoms with van der Waals surface area (Å²) < 4.78 is 11.2. The van der Waals surface area contributed by atoms with E-state index in [0.717, 1.165) is 10.0 Å². The Bertz CT molecular complexity index is 923. The molecule has 1 aliphatic heterocycles. The fourth-order valence-electron chi connectivity index (χ4n) is 3.22. The van der Waals surface area contributed by atoms with E-state index in [1.54, 1.807) is 24.3 Å². The number of methoxy groups -OCH3 is 2. The highest BCUT2D eigenvalue weighted by Crippen LogP contribution is 2.39. The molecule has 1 aliphatic rings. The van der Waals surface area contributed by atoms with Crippen LogP contribution in [-0.4, -0.2) is 49.1 Å². The summed E-state index contributed by atoms with van der Waals surface area (Å²) in [6, 6.07) is 13.3. The van der Waals surface area contributed by atoms with Crippen LogP contribution in [0.2, 0.25) is 0 Å². The molecule has 1 amide bonds. The van der Waals surface area contributed by atoms with Crippen LogP contribution in [0.15, 0.2) is 58.6 Å². The van der Waals surface area contributed by atoms with Gasteiger partial charge in [-0.15, -0.1) is 0 Å². The first-order chi connectivity index (χ1) is 13.5. The summed E-state index contributed by atoms with van der Waals surface area (Å²) in [4.78, 5) is 26.9. The van der Waals surface area contributed by atoms with Crippen LogP contribution in [0.25, 0.3) is 5.76 Å². The minimum absolute atomic E-state index is 0.0525. The van der Waals surface area contributed by atoms with Gasteiger partial charge in [-0.2, -0.15) is 0 Å². The lowest BCUT2D eigenvalue weighted by atomic mass is 9.95. The van der Waals surface area contributed by atoms with Crippen molar-refractivity contribution in [3.63, 3.8) is 0 Å². The number of likely N-dealkylation sites (tertiary alicyclic amines) is 1.